The van der Waals surface area contributed by atoms with Crippen molar-refractivity contribution in [3.63, 3.8) is 0 Å². The Morgan fingerprint density at radius 1 is 1.00 bits per heavy atom. The Morgan fingerprint density at radius 2 is 1.73 bits per heavy atom. The molecule has 0 spiro atoms. The fourth-order valence-corrected chi connectivity index (χ4v) is 7.38. The van der Waals surface area contributed by atoms with Gasteiger partial charge in [0.1, 0.15) is 11.5 Å². The van der Waals surface area contributed by atoms with Crippen LogP contribution in [-0.2, 0) is 23.0 Å². The van der Waals surface area contributed by atoms with Crippen LogP contribution in [0.4, 0.5) is 10.2 Å². The van der Waals surface area contributed by atoms with Crippen molar-refractivity contribution < 1.29 is 23.8 Å². The number of hydrogen-bond acceptors (Lipinski definition) is 8. The molecule has 0 bridgehead atoms. The molecule has 4 aromatic heterocycles. The molecule has 6 heterocycles. The third kappa shape index (κ3) is 6.56. The van der Waals surface area contributed by atoms with E-state index in [1.165, 1.54) is 6.07 Å². The van der Waals surface area contributed by atoms with Gasteiger partial charge in [0.25, 0.3) is 0 Å². The quantitative estimate of drug-likeness (QED) is 0.191. The normalized spacial score (nSPS) is 15.9. The number of benzene rings is 1. The van der Waals surface area contributed by atoms with Crippen molar-refractivity contribution in [2.45, 2.75) is 59.2 Å². The lowest BCUT2D eigenvalue weighted by Crippen LogP contribution is -2.44. The van der Waals surface area contributed by atoms with E-state index in [2.05, 4.69) is 34.0 Å². The number of fused-ring (bicyclic) bond motifs is 2. The Morgan fingerprint density at radius 3 is 2.45 bits per heavy atom. The number of carboxylic acid groups (broad SMARTS) is 1. The molecule has 51 heavy (non-hydrogen) atoms. The Balaban J connectivity index is 1.41. The summed E-state index contributed by atoms with van der Waals surface area (Å²) in [6.45, 7) is 13.5. The second kappa shape index (κ2) is 13.4. The third-order valence-electron chi connectivity index (χ3n) is 9.99. The average Bonchev–Trinajstić information content (AvgIpc) is 3.43. The molecule has 0 amide bonds. The molecule has 2 aliphatic heterocycles. The molecule has 5 aromatic rings. The van der Waals surface area contributed by atoms with Gasteiger partial charge in [-0.15, -0.1) is 0 Å². The number of aliphatic carboxylic acids is 1. The van der Waals surface area contributed by atoms with E-state index in [9.17, 15) is 9.90 Å². The van der Waals surface area contributed by atoms with Crippen molar-refractivity contribution in [2.75, 3.05) is 44.7 Å². The molecule has 0 saturated carbocycles. The summed E-state index contributed by atoms with van der Waals surface area (Å²) in [4.78, 5) is 32.0. The van der Waals surface area contributed by atoms with Crippen molar-refractivity contribution in [1.29, 1.82) is 0 Å². The Hall–Kier alpha value is -4.87. The van der Waals surface area contributed by atoms with Crippen LogP contribution in [0.1, 0.15) is 55.7 Å². The minimum Gasteiger partial charge on any atom is -0.490 e. The summed E-state index contributed by atoms with van der Waals surface area (Å²) in [5.74, 6) is -0.404. The lowest BCUT2D eigenvalue weighted by Gasteiger charge is -2.33. The van der Waals surface area contributed by atoms with Crippen LogP contribution in [0.3, 0.4) is 0 Å². The molecule has 266 valence electrons. The van der Waals surface area contributed by atoms with E-state index in [0.29, 0.717) is 46.4 Å². The lowest BCUT2D eigenvalue weighted by molar-refractivity contribution is -0.160. The highest BCUT2D eigenvalue weighted by Gasteiger charge is 2.34. The first kappa shape index (κ1) is 34.6. The summed E-state index contributed by atoms with van der Waals surface area (Å²) < 4.78 is 29.9. The molecular formula is C40H45FN6O4. The van der Waals surface area contributed by atoms with Gasteiger partial charge in [-0.1, -0.05) is 0 Å². The molecule has 2 aliphatic rings. The van der Waals surface area contributed by atoms with E-state index in [1.807, 2.05) is 63.7 Å². The highest BCUT2D eigenvalue weighted by atomic mass is 19.1. The fraction of sp³-hybridized carbons (Fsp3) is 0.400. The van der Waals surface area contributed by atoms with Crippen molar-refractivity contribution in [3.05, 3.63) is 77.0 Å². The van der Waals surface area contributed by atoms with Gasteiger partial charge in [-0.25, -0.2) is 19.2 Å². The molecule has 7 rings (SSSR count). The lowest BCUT2D eigenvalue weighted by atomic mass is 9.86. The Bertz CT molecular complexity index is 2150. The van der Waals surface area contributed by atoms with Gasteiger partial charge in [0, 0.05) is 84.5 Å². The molecular weight excluding hydrogens is 647 g/mol. The van der Waals surface area contributed by atoms with Gasteiger partial charge >= 0.3 is 5.97 Å². The van der Waals surface area contributed by atoms with Crippen molar-refractivity contribution >= 4 is 22.8 Å². The number of piperazine rings is 1. The largest absolute Gasteiger partial charge is 0.490 e. The van der Waals surface area contributed by atoms with E-state index in [-0.39, 0.29) is 5.75 Å². The monoisotopic (exact) mass is 692 g/mol. The number of aryl methyl sites for hydroxylation is 2. The molecule has 1 fully saturated rings. The van der Waals surface area contributed by atoms with Gasteiger partial charge in [0.2, 0.25) is 0 Å². The summed E-state index contributed by atoms with van der Waals surface area (Å²) in [7, 11) is 4.08. The Labute approximate surface area is 297 Å². The summed E-state index contributed by atoms with van der Waals surface area (Å²) in [6.07, 6.45) is 3.72. The van der Waals surface area contributed by atoms with Gasteiger partial charge in [0.05, 0.1) is 23.6 Å². The van der Waals surface area contributed by atoms with Crippen LogP contribution in [0.2, 0.25) is 0 Å². The van der Waals surface area contributed by atoms with Crippen LogP contribution in [0.25, 0.3) is 44.7 Å². The molecule has 1 aromatic carbocycles. The second-order valence-electron chi connectivity index (χ2n) is 14.7. The maximum absolute atomic E-state index is 15.9. The van der Waals surface area contributed by atoms with E-state index >= 15 is 4.39 Å². The van der Waals surface area contributed by atoms with Crippen LogP contribution < -0.4 is 9.64 Å². The number of carbonyl (C=O) groups is 1. The molecule has 1 unspecified atom stereocenters. The second-order valence-corrected chi connectivity index (χ2v) is 14.7. The van der Waals surface area contributed by atoms with Gasteiger partial charge in [-0.05, 0) is 102 Å². The van der Waals surface area contributed by atoms with Gasteiger partial charge in [-0.3, -0.25) is 4.98 Å². The number of carboxylic acids is 1. The number of aromatic nitrogens is 4. The van der Waals surface area contributed by atoms with Crippen LogP contribution in [0, 0.1) is 19.7 Å². The zero-order valence-electron chi connectivity index (χ0n) is 30.4. The molecule has 1 atom stereocenters. The predicted octanol–water partition coefficient (Wildman–Crippen LogP) is 7.14. The molecule has 10 nitrogen and oxygen atoms in total. The summed E-state index contributed by atoms with van der Waals surface area (Å²) in [6, 6.07) is 11.6. The first-order chi connectivity index (χ1) is 24.3. The maximum Gasteiger partial charge on any atom is 0.337 e. The third-order valence-corrected chi connectivity index (χ3v) is 9.99. The topological polar surface area (TPSA) is 106 Å². The van der Waals surface area contributed by atoms with Gasteiger partial charge in [0.15, 0.2) is 17.7 Å². The minimum atomic E-state index is -1.34. The molecule has 0 aliphatic carbocycles. The first-order valence-corrected chi connectivity index (χ1v) is 17.5. The van der Waals surface area contributed by atoms with Crippen molar-refractivity contribution in [3.8, 4) is 39.4 Å². The summed E-state index contributed by atoms with van der Waals surface area (Å²) >= 11 is 0. The zero-order chi connectivity index (χ0) is 36.2. The summed E-state index contributed by atoms with van der Waals surface area (Å²) in [5.41, 5.74) is 7.16. The smallest absolute Gasteiger partial charge is 0.337 e. The van der Waals surface area contributed by atoms with Crippen LogP contribution >= 0.6 is 0 Å². The van der Waals surface area contributed by atoms with E-state index in [0.717, 1.165) is 72.1 Å². The number of ether oxygens (including phenoxy) is 2. The van der Waals surface area contributed by atoms with Crippen LogP contribution in [0.15, 0.2) is 48.8 Å². The van der Waals surface area contributed by atoms with E-state index in [4.69, 9.17) is 19.4 Å². The standard InChI is InChI=1S/C40H45FN6O4/c1-23-27-9-8-18-50-36(27)30(41)21-28(23)35-29-22-32(46(7)38(29)44-24(2)34(35)37(39(48)49)51-40(3,4)5)26-11-12-42-31(19-26)25-10-13-43-33(20-25)47-16-14-45(6)15-17-47/h10-13,19-22,37H,8-9,14-18H2,1-7H3,(H,48,49). The fourth-order valence-electron chi connectivity index (χ4n) is 7.38. The van der Waals surface area contributed by atoms with Gasteiger partial charge < -0.3 is 28.9 Å². The average molecular weight is 693 g/mol. The molecule has 11 heteroatoms. The Kier molecular flexibility index (Phi) is 9.05. The van der Waals surface area contributed by atoms with E-state index in [1.54, 1.807) is 13.1 Å². The predicted molar refractivity (Wildman–Crippen MR) is 197 cm³/mol. The zero-order valence-corrected chi connectivity index (χ0v) is 30.4. The number of pyridine rings is 3. The van der Waals surface area contributed by atoms with Crippen molar-refractivity contribution in [1.82, 2.24) is 24.4 Å². The van der Waals surface area contributed by atoms with Crippen LogP contribution in [-0.4, -0.2) is 80.9 Å². The number of rotatable bonds is 7. The highest BCUT2D eigenvalue weighted by molar-refractivity contribution is 6.01. The number of hydrogen-bond donors (Lipinski definition) is 1. The highest BCUT2D eigenvalue weighted by Crippen LogP contribution is 2.45. The van der Waals surface area contributed by atoms with Crippen molar-refractivity contribution in [2.24, 2.45) is 7.05 Å². The van der Waals surface area contributed by atoms with Gasteiger partial charge in [-0.2, -0.15) is 0 Å². The summed E-state index contributed by atoms with van der Waals surface area (Å²) in [5, 5.41) is 11.3. The number of anilines is 1. The first-order valence-electron chi connectivity index (χ1n) is 17.5. The van der Waals surface area contributed by atoms with E-state index < -0.39 is 23.5 Å². The molecule has 1 N–H and O–H groups in total. The molecule has 1 saturated heterocycles. The molecule has 0 radical (unpaired) electrons. The number of nitrogens with zero attached hydrogens (tertiary/aromatic N) is 6. The van der Waals surface area contributed by atoms with Crippen LogP contribution in [0.5, 0.6) is 5.75 Å². The maximum atomic E-state index is 15.9. The number of likely N-dealkylation sites (N-methyl/N-ethyl adjacent to an activating group) is 1. The minimum absolute atomic E-state index is 0.275. The number of halogens is 1. The SMILES string of the molecule is Cc1nc2c(cc(-c3ccnc(-c4ccnc(N5CCN(C)CC5)c4)c3)n2C)c(-c2cc(F)c3c(c2C)CCCO3)c1C(OC(C)(C)C)C(=O)O.